The molecule has 2 nitrogen and oxygen atoms in total. The lowest BCUT2D eigenvalue weighted by Crippen LogP contribution is -2.31. The van der Waals surface area contributed by atoms with Crippen LogP contribution in [0.2, 0.25) is 5.02 Å². The van der Waals surface area contributed by atoms with E-state index in [0.717, 1.165) is 12.8 Å². The minimum atomic E-state index is -0.618. The molecule has 1 N–H and O–H groups in total. The van der Waals surface area contributed by atoms with Crippen LogP contribution in [0, 0.1) is 11.7 Å². The van der Waals surface area contributed by atoms with Gasteiger partial charge in [0.15, 0.2) is 0 Å². The quantitative estimate of drug-likeness (QED) is 0.840. The molecule has 17 heavy (non-hydrogen) atoms. The summed E-state index contributed by atoms with van der Waals surface area (Å²) >= 11 is 11.8. The number of hydrogen-bond donors (Lipinski definition) is 1. The first-order valence-electron chi connectivity index (χ1n) is 5.46. The molecule has 1 fully saturated rings. The topological polar surface area (TPSA) is 29.1 Å². The zero-order valence-electron chi connectivity index (χ0n) is 9.05. The van der Waals surface area contributed by atoms with Crippen LogP contribution in [0.5, 0.6) is 0 Å². The monoisotopic (exact) mass is 275 g/mol. The number of nitrogens with one attached hydrogen (secondary N) is 1. The summed E-state index contributed by atoms with van der Waals surface area (Å²) in [7, 11) is 0. The van der Waals surface area contributed by atoms with Crippen LogP contribution in [0.3, 0.4) is 0 Å². The van der Waals surface area contributed by atoms with Crippen LogP contribution in [-0.4, -0.2) is 17.8 Å². The van der Waals surface area contributed by atoms with Gasteiger partial charge in [-0.25, -0.2) is 4.39 Å². The summed E-state index contributed by atoms with van der Waals surface area (Å²) in [5, 5.41) is 2.64. The van der Waals surface area contributed by atoms with Crippen LogP contribution in [0.1, 0.15) is 23.2 Å². The molecule has 0 bridgehead atoms. The van der Waals surface area contributed by atoms with E-state index in [1.165, 1.54) is 18.2 Å². The van der Waals surface area contributed by atoms with Gasteiger partial charge in [-0.15, -0.1) is 11.6 Å². The maximum atomic E-state index is 13.4. The number of rotatable bonds is 4. The van der Waals surface area contributed by atoms with Gasteiger partial charge in [-0.1, -0.05) is 17.7 Å². The van der Waals surface area contributed by atoms with Gasteiger partial charge in [0.05, 0.1) is 16.0 Å². The Morgan fingerprint density at radius 3 is 2.82 bits per heavy atom. The Morgan fingerprint density at radius 1 is 1.53 bits per heavy atom. The molecule has 0 heterocycles. The standard InChI is InChI=1S/C12H12Cl2FNO/c13-8-2-1-3-10(15)11(8)12(17)16-6-9(14)7-4-5-7/h1-3,7,9H,4-6H2,(H,16,17). The fourth-order valence-corrected chi connectivity index (χ4v) is 2.20. The van der Waals surface area contributed by atoms with E-state index >= 15 is 0 Å². The van der Waals surface area contributed by atoms with Gasteiger partial charge >= 0.3 is 0 Å². The summed E-state index contributed by atoms with van der Waals surface area (Å²) in [6, 6.07) is 4.15. The lowest BCUT2D eigenvalue weighted by Gasteiger charge is -2.10. The van der Waals surface area contributed by atoms with Crippen LogP contribution in [0.4, 0.5) is 4.39 Å². The summed E-state index contributed by atoms with van der Waals surface area (Å²) < 4.78 is 13.4. The number of alkyl halides is 1. The number of benzene rings is 1. The van der Waals surface area contributed by atoms with Crippen molar-refractivity contribution < 1.29 is 9.18 Å². The maximum absolute atomic E-state index is 13.4. The van der Waals surface area contributed by atoms with Crippen molar-refractivity contribution in [2.24, 2.45) is 5.92 Å². The third-order valence-electron chi connectivity index (χ3n) is 2.78. The second-order valence-corrected chi connectivity index (χ2v) is 5.13. The number of carbonyl (C=O) groups is 1. The normalized spacial score (nSPS) is 16.6. The number of halogens is 3. The molecule has 0 aromatic heterocycles. The summed E-state index contributed by atoms with van der Waals surface area (Å²) in [4.78, 5) is 11.7. The summed E-state index contributed by atoms with van der Waals surface area (Å²) in [6.45, 7) is 0.343. The number of hydrogen-bond acceptors (Lipinski definition) is 1. The lowest BCUT2D eigenvalue weighted by atomic mass is 10.2. The molecule has 1 atom stereocenters. The largest absolute Gasteiger partial charge is 0.350 e. The van der Waals surface area contributed by atoms with E-state index in [1.54, 1.807) is 0 Å². The maximum Gasteiger partial charge on any atom is 0.255 e. The molecular weight excluding hydrogens is 264 g/mol. The van der Waals surface area contributed by atoms with E-state index in [4.69, 9.17) is 23.2 Å². The Morgan fingerprint density at radius 2 is 2.24 bits per heavy atom. The van der Waals surface area contributed by atoms with Gasteiger partial charge in [0.25, 0.3) is 5.91 Å². The van der Waals surface area contributed by atoms with Crippen molar-refractivity contribution in [3.63, 3.8) is 0 Å². The van der Waals surface area contributed by atoms with Gasteiger partial charge in [-0.05, 0) is 30.9 Å². The van der Waals surface area contributed by atoms with E-state index in [2.05, 4.69) is 5.32 Å². The lowest BCUT2D eigenvalue weighted by molar-refractivity contribution is 0.0949. The molecule has 0 saturated heterocycles. The smallest absolute Gasteiger partial charge is 0.255 e. The van der Waals surface area contributed by atoms with Gasteiger partial charge in [-0.2, -0.15) is 0 Å². The Kier molecular flexibility index (Phi) is 3.89. The second kappa shape index (κ2) is 5.23. The Bertz CT molecular complexity index is 414. The van der Waals surface area contributed by atoms with E-state index in [-0.39, 0.29) is 16.0 Å². The predicted octanol–water partition coefficient (Wildman–Crippen LogP) is 3.23. The van der Waals surface area contributed by atoms with Gasteiger partial charge in [-0.3, -0.25) is 4.79 Å². The summed E-state index contributed by atoms with van der Waals surface area (Å²) in [6.07, 6.45) is 2.20. The first-order chi connectivity index (χ1) is 8.09. The SMILES string of the molecule is O=C(NCC(Cl)C1CC1)c1c(F)cccc1Cl. The second-order valence-electron chi connectivity index (χ2n) is 4.16. The minimum Gasteiger partial charge on any atom is -0.350 e. The van der Waals surface area contributed by atoms with E-state index in [0.29, 0.717) is 12.5 Å². The van der Waals surface area contributed by atoms with E-state index in [9.17, 15) is 9.18 Å². The van der Waals surface area contributed by atoms with E-state index < -0.39 is 11.7 Å². The fourth-order valence-electron chi connectivity index (χ4n) is 1.62. The van der Waals surface area contributed by atoms with E-state index in [1.807, 2.05) is 0 Å². The predicted molar refractivity (Wildman–Crippen MR) is 66.1 cm³/mol. The molecule has 5 heteroatoms. The first-order valence-corrected chi connectivity index (χ1v) is 6.27. The highest BCUT2D eigenvalue weighted by atomic mass is 35.5. The van der Waals surface area contributed by atoms with Crippen molar-refractivity contribution >= 4 is 29.1 Å². The van der Waals surface area contributed by atoms with Crippen molar-refractivity contribution in [1.82, 2.24) is 5.32 Å². The van der Waals surface area contributed by atoms with Crippen molar-refractivity contribution in [3.05, 3.63) is 34.6 Å². The Labute approximate surface area is 109 Å². The molecule has 0 spiro atoms. The molecule has 1 aromatic carbocycles. The molecule has 1 aliphatic carbocycles. The Balaban J connectivity index is 1.99. The van der Waals surface area contributed by atoms with Crippen LogP contribution in [0.15, 0.2) is 18.2 Å². The average molecular weight is 276 g/mol. The molecule has 1 amide bonds. The molecule has 1 unspecified atom stereocenters. The number of amides is 1. The van der Waals surface area contributed by atoms with Crippen molar-refractivity contribution in [2.75, 3.05) is 6.54 Å². The van der Waals surface area contributed by atoms with Crippen LogP contribution >= 0.6 is 23.2 Å². The van der Waals surface area contributed by atoms with Crippen LogP contribution < -0.4 is 5.32 Å². The van der Waals surface area contributed by atoms with Crippen LogP contribution in [-0.2, 0) is 0 Å². The molecule has 92 valence electrons. The third-order valence-corrected chi connectivity index (χ3v) is 3.61. The molecule has 1 aromatic rings. The Hall–Kier alpha value is -0.800. The van der Waals surface area contributed by atoms with Crippen molar-refractivity contribution in [2.45, 2.75) is 18.2 Å². The molecule has 0 radical (unpaired) electrons. The highest BCUT2D eigenvalue weighted by molar-refractivity contribution is 6.33. The number of carbonyl (C=O) groups excluding carboxylic acids is 1. The van der Waals surface area contributed by atoms with Crippen molar-refractivity contribution in [1.29, 1.82) is 0 Å². The highest BCUT2D eigenvalue weighted by Crippen LogP contribution is 2.35. The molecule has 1 aliphatic rings. The van der Waals surface area contributed by atoms with Gasteiger partial charge in [0, 0.05) is 6.54 Å². The van der Waals surface area contributed by atoms with Gasteiger partial charge in [0.2, 0.25) is 0 Å². The summed E-state index contributed by atoms with van der Waals surface area (Å²) in [5.74, 6) is -0.653. The van der Waals surface area contributed by atoms with Gasteiger partial charge in [0.1, 0.15) is 5.82 Å². The van der Waals surface area contributed by atoms with Crippen molar-refractivity contribution in [3.8, 4) is 0 Å². The zero-order valence-corrected chi connectivity index (χ0v) is 10.6. The molecule has 2 rings (SSSR count). The molecule has 0 aliphatic heterocycles. The molecular formula is C12H12Cl2FNO. The highest BCUT2D eigenvalue weighted by Gasteiger charge is 2.30. The van der Waals surface area contributed by atoms with Gasteiger partial charge < -0.3 is 5.32 Å². The molecule has 1 saturated carbocycles. The fraction of sp³-hybridized carbons (Fsp3) is 0.417. The first kappa shape index (κ1) is 12.7. The van der Waals surface area contributed by atoms with Crippen LogP contribution in [0.25, 0.3) is 0 Å². The summed E-state index contributed by atoms with van der Waals surface area (Å²) in [5.41, 5.74) is -0.117. The average Bonchev–Trinajstić information content (AvgIpc) is 3.09. The zero-order chi connectivity index (χ0) is 12.4. The minimum absolute atomic E-state index is 0.0792. The third kappa shape index (κ3) is 3.11.